The monoisotopic (exact) mass is 537 g/mol. The molecular formula is C26H40FN5O6. The topological polar surface area (TPSA) is 130 Å². The van der Waals surface area contributed by atoms with Crippen LogP contribution in [0, 0.1) is 5.82 Å². The highest BCUT2D eigenvalue weighted by Crippen LogP contribution is 2.44. The van der Waals surface area contributed by atoms with Gasteiger partial charge in [-0.2, -0.15) is 0 Å². The van der Waals surface area contributed by atoms with Crippen molar-refractivity contribution in [1.82, 2.24) is 16.2 Å². The number of alkyl carbamates (subject to hydrolysis) is 1. The van der Waals surface area contributed by atoms with Gasteiger partial charge in [-0.15, -0.1) is 0 Å². The minimum absolute atomic E-state index is 0.0136. The number of carbonyl (C=O) groups excluding carboxylic acids is 3. The SMILES string of the molecule is CCOc1c(NC2CC2)c(C(=O)NNC(=O)OC(C)(C)C)cc(F)c1N1CCC(NC(=O)OC(C)(C)C)C1. The first-order chi connectivity index (χ1) is 17.7. The first-order valence-electron chi connectivity index (χ1n) is 13.0. The molecule has 1 aliphatic carbocycles. The molecule has 3 rings (SSSR count). The van der Waals surface area contributed by atoms with Gasteiger partial charge in [-0.25, -0.2) is 19.4 Å². The second-order valence-electron chi connectivity index (χ2n) is 11.5. The largest absolute Gasteiger partial charge is 0.489 e. The van der Waals surface area contributed by atoms with Crippen molar-refractivity contribution < 1.29 is 33.0 Å². The van der Waals surface area contributed by atoms with Gasteiger partial charge in [0.05, 0.1) is 23.9 Å². The number of hydrogen-bond acceptors (Lipinski definition) is 8. The molecule has 1 saturated heterocycles. The Labute approximate surface area is 223 Å². The molecule has 4 N–H and O–H groups in total. The predicted molar refractivity (Wildman–Crippen MR) is 141 cm³/mol. The van der Waals surface area contributed by atoms with Crippen molar-refractivity contribution in [1.29, 1.82) is 0 Å². The number of nitrogens with zero attached hydrogens (tertiary/aromatic N) is 1. The van der Waals surface area contributed by atoms with E-state index in [-0.39, 0.29) is 35.7 Å². The summed E-state index contributed by atoms with van der Waals surface area (Å²) in [5.74, 6) is -1.17. The van der Waals surface area contributed by atoms with Crippen molar-refractivity contribution in [3.8, 4) is 5.75 Å². The number of hydrogen-bond donors (Lipinski definition) is 4. The molecule has 2 fully saturated rings. The fraction of sp³-hybridized carbons (Fsp3) is 0.654. The van der Waals surface area contributed by atoms with Crippen LogP contribution in [0.4, 0.5) is 25.4 Å². The van der Waals surface area contributed by atoms with Crippen LogP contribution in [0.2, 0.25) is 0 Å². The van der Waals surface area contributed by atoms with E-state index in [1.54, 1.807) is 53.4 Å². The first-order valence-corrected chi connectivity index (χ1v) is 13.0. The van der Waals surface area contributed by atoms with E-state index in [1.165, 1.54) is 0 Å². The summed E-state index contributed by atoms with van der Waals surface area (Å²) in [5.41, 5.74) is 3.64. The molecule has 12 heteroatoms. The maximum absolute atomic E-state index is 15.7. The summed E-state index contributed by atoms with van der Waals surface area (Å²) in [6.45, 7) is 13.3. The summed E-state index contributed by atoms with van der Waals surface area (Å²) in [6.07, 6.45) is 1.01. The number of anilines is 2. The Kier molecular flexibility index (Phi) is 8.83. The normalized spacial score (nSPS) is 17.5. The van der Waals surface area contributed by atoms with Crippen LogP contribution < -0.4 is 31.1 Å². The molecule has 3 amide bonds. The Morgan fingerprint density at radius 1 is 0.974 bits per heavy atom. The van der Waals surface area contributed by atoms with Crippen molar-refractivity contribution in [3.63, 3.8) is 0 Å². The molecule has 1 saturated carbocycles. The van der Waals surface area contributed by atoms with Crippen LogP contribution >= 0.6 is 0 Å². The number of ether oxygens (including phenoxy) is 3. The molecule has 0 bridgehead atoms. The number of halogens is 1. The van der Waals surface area contributed by atoms with Crippen LogP contribution in [-0.4, -0.2) is 61.1 Å². The molecule has 11 nitrogen and oxygen atoms in total. The lowest BCUT2D eigenvalue weighted by Gasteiger charge is -2.27. The Morgan fingerprint density at radius 3 is 2.18 bits per heavy atom. The van der Waals surface area contributed by atoms with Crippen molar-refractivity contribution in [3.05, 3.63) is 17.4 Å². The third-order valence-electron chi connectivity index (χ3n) is 5.57. The Morgan fingerprint density at radius 2 is 1.61 bits per heavy atom. The molecule has 212 valence electrons. The molecule has 2 aliphatic rings. The standard InChI is InChI=1S/C26H40FN5O6/c1-8-36-21-19(28-15-9-10-15)17(22(33)30-31-24(35)38-26(5,6)7)13-18(27)20(21)32-12-11-16(14-32)29-23(34)37-25(2,3)4/h13,15-16,28H,8-12,14H2,1-7H3,(H,29,34)(H,30,33)(H,31,35). The number of hydrazine groups is 1. The molecule has 1 heterocycles. The number of carbonyl (C=O) groups is 3. The summed E-state index contributed by atoms with van der Waals surface area (Å²) in [6, 6.07) is 1.00. The highest BCUT2D eigenvalue weighted by molar-refractivity contribution is 6.03. The highest BCUT2D eigenvalue weighted by atomic mass is 19.1. The summed E-state index contributed by atoms with van der Waals surface area (Å²) >= 11 is 0. The first kappa shape index (κ1) is 29.1. The second kappa shape index (κ2) is 11.5. The summed E-state index contributed by atoms with van der Waals surface area (Å²) in [7, 11) is 0. The fourth-order valence-corrected chi connectivity index (χ4v) is 3.98. The lowest BCUT2D eigenvalue weighted by molar-refractivity contribution is 0.0480. The minimum atomic E-state index is -0.842. The van der Waals surface area contributed by atoms with Crippen LogP contribution in [0.15, 0.2) is 6.07 Å². The Hall–Kier alpha value is -3.44. The third kappa shape index (κ3) is 8.29. The third-order valence-corrected chi connectivity index (χ3v) is 5.57. The Bertz CT molecular complexity index is 1050. The van der Waals surface area contributed by atoms with E-state index in [1.807, 2.05) is 0 Å². The lowest BCUT2D eigenvalue weighted by atomic mass is 10.1. The van der Waals surface area contributed by atoms with Crippen LogP contribution in [0.3, 0.4) is 0 Å². The van der Waals surface area contributed by atoms with Gasteiger partial charge in [0.25, 0.3) is 5.91 Å². The van der Waals surface area contributed by atoms with Crippen molar-refractivity contribution >= 4 is 29.5 Å². The average Bonchev–Trinajstić information content (AvgIpc) is 3.48. The van der Waals surface area contributed by atoms with E-state index in [0.29, 0.717) is 25.2 Å². The van der Waals surface area contributed by atoms with Gasteiger partial charge in [-0.3, -0.25) is 10.2 Å². The average molecular weight is 538 g/mol. The molecule has 1 aromatic carbocycles. The zero-order valence-corrected chi connectivity index (χ0v) is 23.2. The number of benzene rings is 1. The lowest BCUT2D eigenvalue weighted by Crippen LogP contribution is -2.44. The van der Waals surface area contributed by atoms with Crippen LogP contribution in [-0.2, 0) is 9.47 Å². The summed E-state index contributed by atoms with van der Waals surface area (Å²) in [4.78, 5) is 39.1. The molecule has 1 unspecified atom stereocenters. The van der Waals surface area contributed by atoms with Gasteiger partial charge in [0.15, 0.2) is 11.6 Å². The van der Waals surface area contributed by atoms with E-state index < -0.39 is 35.1 Å². The van der Waals surface area contributed by atoms with Gasteiger partial charge in [-0.1, -0.05) is 0 Å². The minimum Gasteiger partial charge on any atom is -0.489 e. The van der Waals surface area contributed by atoms with Gasteiger partial charge in [0.1, 0.15) is 16.9 Å². The number of nitrogens with one attached hydrogen (secondary N) is 4. The van der Waals surface area contributed by atoms with E-state index in [9.17, 15) is 14.4 Å². The zero-order valence-electron chi connectivity index (χ0n) is 23.2. The molecule has 1 aromatic rings. The molecular weight excluding hydrogens is 497 g/mol. The van der Waals surface area contributed by atoms with E-state index in [4.69, 9.17) is 14.2 Å². The molecule has 38 heavy (non-hydrogen) atoms. The van der Waals surface area contributed by atoms with Crippen LogP contribution in [0.5, 0.6) is 5.75 Å². The van der Waals surface area contributed by atoms with Crippen LogP contribution in [0.25, 0.3) is 0 Å². The fourth-order valence-electron chi connectivity index (χ4n) is 3.98. The predicted octanol–water partition coefficient (Wildman–Crippen LogP) is 4.07. The molecule has 0 aromatic heterocycles. The van der Waals surface area contributed by atoms with Gasteiger partial charge < -0.3 is 29.7 Å². The van der Waals surface area contributed by atoms with Crippen molar-refractivity contribution in [2.24, 2.45) is 0 Å². The smallest absolute Gasteiger partial charge is 0.426 e. The molecule has 1 aliphatic heterocycles. The van der Waals surface area contributed by atoms with Crippen LogP contribution in [0.1, 0.15) is 78.1 Å². The zero-order chi connectivity index (χ0) is 28.3. The Balaban J connectivity index is 1.85. The maximum atomic E-state index is 15.7. The van der Waals surface area contributed by atoms with Gasteiger partial charge in [-0.05, 0) is 73.8 Å². The number of amides is 3. The van der Waals surface area contributed by atoms with Gasteiger partial charge in [0.2, 0.25) is 0 Å². The second-order valence-corrected chi connectivity index (χ2v) is 11.5. The van der Waals surface area contributed by atoms with Gasteiger partial charge in [0, 0.05) is 19.1 Å². The van der Waals surface area contributed by atoms with Crippen molar-refractivity contribution in [2.75, 3.05) is 29.9 Å². The maximum Gasteiger partial charge on any atom is 0.426 e. The molecule has 0 spiro atoms. The van der Waals surface area contributed by atoms with E-state index >= 15 is 4.39 Å². The van der Waals surface area contributed by atoms with Crippen molar-refractivity contribution in [2.45, 2.75) is 91.0 Å². The summed E-state index contributed by atoms with van der Waals surface area (Å²) in [5, 5.41) is 6.13. The summed E-state index contributed by atoms with van der Waals surface area (Å²) < 4.78 is 32.1. The van der Waals surface area contributed by atoms with E-state index in [2.05, 4.69) is 21.5 Å². The van der Waals surface area contributed by atoms with Gasteiger partial charge >= 0.3 is 12.2 Å². The number of rotatable bonds is 7. The molecule has 1 atom stereocenters. The van der Waals surface area contributed by atoms with E-state index in [0.717, 1.165) is 18.9 Å². The quantitative estimate of drug-likeness (QED) is 0.383. The highest BCUT2D eigenvalue weighted by Gasteiger charge is 2.34. The molecule has 0 radical (unpaired) electrons.